The normalized spacial score (nSPS) is 12.6. The third-order valence-electron chi connectivity index (χ3n) is 4.72. The Morgan fingerprint density at radius 3 is 1.22 bits per heavy atom. The molecule has 0 aliphatic heterocycles. The van der Waals surface area contributed by atoms with Gasteiger partial charge >= 0.3 is 142 Å². The van der Waals surface area contributed by atoms with Crippen LogP contribution in [0.1, 0.15) is 6.92 Å². The third kappa shape index (κ3) is 2.79. The summed E-state index contributed by atoms with van der Waals surface area (Å²) in [5, 5.41) is 0. The molecule has 1 atom stereocenters. The molecule has 1 unspecified atom stereocenters. The van der Waals surface area contributed by atoms with Gasteiger partial charge in [-0.25, -0.2) is 0 Å². The SMILES string of the molecule is C=C[CH](C)[Ge]([c]1ccccc1)([c]1ccccc1)[c]1ccccc1. The third-order valence-corrected chi connectivity index (χ3v) is 15.9. The summed E-state index contributed by atoms with van der Waals surface area (Å²) in [6, 6.07) is 33.1. The molecule has 3 aromatic carbocycles. The topological polar surface area (TPSA) is 0 Å². The van der Waals surface area contributed by atoms with E-state index in [0.717, 1.165) is 0 Å². The second-order valence-corrected chi connectivity index (χ2v) is 14.9. The van der Waals surface area contributed by atoms with Gasteiger partial charge in [0.2, 0.25) is 0 Å². The Hall–Kier alpha value is -2.06. The number of hydrogen-bond acceptors (Lipinski definition) is 0. The van der Waals surface area contributed by atoms with Crippen LogP contribution in [-0.4, -0.2) is 13.3 Å². The van der Waals surface area contributed by atoms with Crippen LogP contribution in [0.5, 0.6) is 0 Å². The molecule has 0 aliphatic rings. The van der Waals surface area contributed by atoms with Crippen LogP contribution in [0.3, 0.4) is 0 Å². The predicted molar refractivity (Wildman–Crippen MR) is 104 cm³/mol. The van der Waals surface area contributed by atoms with Gasteiger partial charge in [-0.1, -0.05) is 0 Å². The molecule has 23 heavy (non-hydrogen) atoms. The first-order chi connectivity index (χ1) is 11.3. The Labute approximate surface area is 141 Å². The molecule has 0 fully saturated rings. The van der Waals surface area contributed by atoms with E-state index in [1.807, 2.05) is 0 Å². The maximum atomic E-state index is 4.15. The van der Waals surface area contributed by atoms with Crippen LogP contribution in [-0.2, 0) is 0 Å². The molecule has 0 amide bonds. The zero-order valence-corrected chi connectivity index (χ0v) is 15.6. The molecule has 1 heteroatoms. The second kappa shape index (κ2) is 7.01. The maximum absolute atomic E-state index is 4.15. The van der Waals surface area contributed by atoms with E-state index in [0.29, 0.717) is 4.75 Å². The predicted octanol–water partition coefficient (Wildman–Crippen LogP) is 3.73. The van der Waals surface area contributed by atoms with E-state index in [4.69, 9.17) is 0 Å². The van der Waals surface area contributed by atoms with Crippen LogP contribution in [0.15, 0.2) is 104 Å². The monoisotopic (exact) mass is 360 g/mol. The van der Waals surface area contributed by atoms with Gasteiger partial charge in [0.25, 0.3) is 0 Å². The molecule has 0 radical (unpaired) electrons. The number of hydrogen-bond donors (Lipinski definition) is 0. The first-order valence-electron chi connectivity index (χ1n) is 8.09. The Morgan fingerprint density at radius 2 is 0.957 bits per heavy atom. The Bertz CT molecular complexity index is 651. The van der Waals surface area contributed by atoms with Gasteiger partial charge in [-0.05, 0) is 0 Å². The molecule has 0 saturated carbocycles. The van der Waals surface area contributed by atoms with Crippen LogP contribution in [0, 0.1) is 0 Å². The van der Waals surface area contributed by atoms with Crippen LogP contribution in [0.2, 0.25) is 4.75 Å². The summed E-state index contributed by atoms with van der Waals surface area (Å²) in [6.45, 7) is 6.48. The standard InChI is InChI=1S/C22H22Ge/c1-3-19(2)23(20-13-7-4-8-14-20,21-15-9-5-10-16-21)22-17-11-6-12-18-22/h3-19H,1H2,2H3. The summed E-state index contributed by atoms with van der Waals surface area (Å²) >= 11 is -2.82. The first-order valence-corrected chi connectivity index (χ1v) is 12.4. The van der Waals surface area contributed by atoms with Crippen molar-refractivity contribution < 1.29 is 0 Å². The molecule has 0 N–H and O–H groups in total. The molecule has 0 heterocycles. The summed E-state index contributed by atoms with van der Waals surface area (Å²) in [5.74, 6) is 0. The van der Waals surface area contributed by atoms with Gasteiger partial charge in [0.15, 0.2) is 0 Å². The fourth-order valence-electron chi connectivity index (χ4n) is 3.57. The Morgan fingerprint density at radius 1 is 0.652 bits per heavy atom. The van der Waals surface area contributed by atoms with Crippen molar-refractivity contribution in [3.8, 4) is 0 Å². The quantitative estimate of drug-likeness (QED) is 0.481. The minimum atomic E-state index is -2.82. The molecular formula is C22H22Ge. The molecular weight excluding hydrogens is 337 g/mol. The van der Waals surface area contributed by atoms with Gasteiger partial charge in [-0.3, -0.25) is 0 Å². The van der Waals surface area contributed by atoms with Crippen LogP contribution < -0.4 is 13.2 Å². The minimum absolute atomic E-state index is 0.446. The van der Waals surface area contributed by atoms with Gasteiger partial charge in [-0.15, -0.1) is 0 Å². The van der Waals surface area contributed by atoms with E-state index >= 15 is 0 Å². The average Bonchev–Trinajstić information content (AvgIpc) is 2.65. The van der Waals surface area contributed by atoms with Gasteiger partial charge in [0.1, 0.15) is 0 Å². The number of benzene rings is 3. The van der Waals surface area contributed by atoms with Gasteiger partial charge in [0, 0.05) is 0 Å². The Balaban J connectivity index is 2.38. The van der Waals surface area contributed by atoms with Gasteiger partial charge in [-0.2, -0.15) is 0 Å². The van der Waals surface area contributed by atoms with Crippen molar-refractivity contribution in [1.29, 1.82) is 0 Å². The van der Waals surface area contributed by atoms with Crippen molar-refractivity contribution in [3.63, 3.8) is 0 Å². The van der Waals surface area contributed by atoms with Crippen molar-refractivity contribution in [3.05, 3.63) is 104 Å². The molecule has 3 aromatic rings. The van der Waals surface area contributed by atoms with E-state index in [1.165, 1.54) is 13.2 Å². The molecule has 0 aromatic heterocycles. The van der Waals surface area contributed by atoms with Crippen molar-refractivity contribution in [2.45, 2.75) is 11.7 Å². The summed E-state index contributed by atoms with van der Waals surface area (Å²) in [5.41, 5.74) is 0. The molecule has 114 valence electrons. The fourth-order valence-corrected chi connectivity index (χ4v) is 14.2. The average molecular weight is 359 g/mol. The molecule has 0 bridgehead atoms. The molecule has 0 spiro atoms. The van der Waals surface area contributed by atoms with Crippen LogP contribution in [0.25, 0.3) is 0 Å². The second-order valence-electron chi connectivity index (χ2n) is 5.93. The van der Waals surface area contributed by atoms with E-state index in [9.17, 15) is 0 Å². The zero-order chi connectivity index (χ0) is 16.1. The molecule has 0 nitrogen and oxygen atoms in total. The van der Waals surface area contributed by atoms with E-state index in [-0.39, 0.29) is 0 Å². The zero-order valence-electron chi connectivity index (χ0n) is 13.5. The van der Waals surface area contributed by atoms with Gasteiger partial charge in [0.05, 0.1) is 0 Å². The fraction of sp³-hybridized carbons (Fsp3) is 0.0909. The molecule has 3 rings (SSSR count). The van der Waals surface area contributed by atoms with E-state index in [2.05, 4.69) is 111 Å². The van der Waals surface area contributed by atoms with Gasteiger partial charge < -0.3 is 0 Å². The molecule has 0 saturated heterocycles. The Kier molecular flexibility index (Phi) is 4.83. The van der Waals surface area contributed by atoms with Crippen LogP contribution >= 0.6 is 0 Å². The molecule has 0 aliphatic carbocycles. The van der Waals surface area contributed by atoms with Crippen molar-refractivity contribution >= 4 is 26.5 Å². The van der Waals surface area contributed by atoms with E-state index < -0.39 is 13.3 Å². The first kappa shape index (κ1) is 15.8. The van der Waals surface area contributed by atoms with Crippen molar-refractivity contribution in [1.82, 2.24) is 0 Å². The van der Waals surface area contributed by atoms with Crippen LogP contribution in [0.4, 0.5) is 0 Å². The van der Waals surface area contributed by atoms with Crippen molar-refractivity contribution in [2.24, 2.45) is 0 Å². The number of rotatable bonds is 5. The van der Waals surface area contributed by atoms with Crippen molar-refractivity contribution in [2.75, 3.05) is 0 Å². The number of allylic oxidation sites excluding steroid dienone is 1. The summed E-state index contributed by atoms with van der Waals surface area (Å²) < 4.78 is 4.90. The summed E-state index contributed by atoms with van der Waals surface area (Å²) in [7, 11) is 0. The summed E-state index contributed by atoms with van der Waals surface area (Å²) in [6.07, 6.45) is 2.15. The van der Waals surface area contributed by atoms with E-state index in [1.54, 1.807) is 0 Å². The summed E-state index contributed by atoms with van der Waals surface area (Å²) in [4.78, 5) is 0.